The number of unbranched alkanes of at least 4 members (excludes halogenated alkanes) is 1. The van der Waals surface area contributed by atoms with Crippen LogP contribution in [0.25, 0.3) is 0 Å². The summed E-state index contributed by atoms with van der Waals surface area (Å²) in [5.41, 5.74) is 0. The first-order valence-corrected chi connectivity index (χ1v) is 5.14. The summed E-state index contributed by atoms with van der Waals surface area (Å²) in [5, 5.41) is 14.2. The highest BCUT2D eigenvalue weighted by Crippen LogP contribution is 2.21. The van der Waals surface area contributed by atoms with Crippen LogP contribution < -0.4 is 0 Å². The van der Waals surface area contributed by atoms with Gasteiger partial charge in [-0.05, 0) is 23.5 Å². The van der Waals surface area contributed by atoms with E-state index < -0.39 is 4.92 Å². The van der Waals surface area contributed by atoms with Crippen molar-refractivity contribution in [1.82, 2.24) is 9.78 Å². The molecule has 0 saturated heterocycles. The van der Waals surface area contributed by atoms with Crippen LogP contribution in [0.4, 0.5) is 5.82 Å². The molecule has 0 fully saturated rings. The van der Waals surface area contributed by atoms with Crippen LogP contribution >= 0.6 is 24.2 Å². The molecular formula is C7H10ClN3O2S. The van der Waals surface area contributed by atoms with Crippen molar-refractivity contribution < 1.29 is 4.92 Å². The van der Waals surface area contributed by atoms with E-state index >= 15 is 0 Å². The molecule has 0 aliphatic rings. The molecule has 0 aliphatic heterocycles. The number of rotatable bonds is 5. The summed E-state index contributed by atoms with van der Waals surface area (Å²) >= 11 is 9.67. The Hall–Kier alpha value is -0.750. The van der Waals surface area contributed by atoms with E-state index in [1.807, 2.05) is 0 Å². The molecule has 0 spiro atoms. The lowest BCUT2D eigenvalue weighted by Crippen LogP contribution is -2.00. The number of aromatic nitrogens is 2. The molecule has 1 heterocycles. The van der Waals surface area contributed by atoms with Crippen LogP contribution in [0.15, 0.2) is 6.20 Å². The molecular weight excluding hydrogens is 226 g/mol. The number of halogens is 1. The summed E-state index contributed by atoms with van der Waals surface area (Å²) in [5.74, 6) is 0.523. The van der Waals surface area contributed by atoms with Crippen LogP contribution in [0, 0.1) is 10.1 Å². The average molecular weight is 236 g/mol. The minimum atomic E-state index is -0.586. The van der Waals surface area contributed by atoms with Gasteiger partial charge in [0, 0.05) is 0 Å². The minimum absolute atomic E-state index is 0.0841. The Bertz CT molecular complexity index is 329. The highest BCUT2D eigenvalue weighted by atomic mass is 35.5. The third kappa shape index (κ3) is 2.88. The van der Waals surface area contributed by atoms with E-state index in [-0.39, 0.29) is 10.8 Å². The molecule has 0 N–H and O–H groups in total. The smallest absolute Gasteiger partial charge is 0.358 e. The number of hydrogen-bond acceptors (Lipinski definition) is 4. The Balaban J connectivity index is 2.62. The van der Waals surface area contributed by atoms with Crippen molar-refractivity contribution in [1.29, 1.82) is 0 Å². The fourth-order valence-electron chi connectivity index (χ4n) is 1.01. The van der Waals surface area contributed by atoms with Crippen LogP contribution in [0.2, 0.25) is 5.02 Å². The molecule has 1 aromatic rings. The van der Waals surface area contributed by atoms with E-state index in [4.69, 9.17) is 11.6 Å². The van der Waals surface area contributed by atoms with Gasteiger partial charge in [-0.3, -0.25) is 0 Å². The van der Waals surface area contributed by atoms with Gasteiger partial charge in [0.15, 0.2) is 5.02 Å². The number of hydrogen-bond donors (Lipinski definition) is 1. The molecule has 0 amide bonds. The van der Waals surface area contributed by atoms with Gasteiger partial charge in [-0.2, -0.15) is 17.3 Å². The van der Waals surface area contributed by atoms with Crippen molar-refractivity contribution >= 4 is 30.0 Å². The Labute approximate surface area is 91.6 Å². The summed E-state index contributed by atoms with van der Waals surface area (Å²) in [7, 11) is 0. The predicted octanol–water partition coefficient (Wildman–Crippen LogP) is 2.15. The van der Waals surface area contributed by atoms with Crippen molar-refractivity contribution in [3.8, 4) is 0 Å². The highest BCUT2D eigenvalue weighted by Gasteiger charge is 2.18. The van der Waals surface area contributed by atoms with Gasteiger partial charge in [-0.15, -0.1) is 0 Å². The Kier molecular flexibility index (Phi) is 4.21. The monoisotopic (exact) mass is 235 g/mol. The molecule has 0 aromatic carbocycles. The predicted molar refractivity (Wildman–Crippen MR) is 57.0 cm³/mol. The first-order chi connectivity index (χ1) is 6.65. The molecule has 7 heteroatoms. The van der Waals surface area contributed by atoms with E-state index in [0.717, 1.165) is 18.6 Å². The minimum Gasteiger partial charge on any atom is -0.358 e. The standard InChI is InChI=1S/C7H10ClN3O2S/c8-6-5-10(3-1-2-4-14)9-7(6)11(12)13/h5,14H,1-4H2. The third-order valence-corrected chi connectivity index (χ3v) is 2.25. The van der Waals surface area contributed by atoms with Gasteiger partial charge in [0.2, 0.25) is 0 Å². The fourth-order valence-corrected chi connectivity index (χ4v) is 1.45. The topological polar surface area (TPSA) is 61.0 Å². The zero-order valence-electron chi connectivity index (χ0n) is 7.39. The highest BCUT2D eigenvalue weighted by molar-refractivity contribution is 7.80. The maximum absolute atomic E-state index is 10.4. The number of aryl methyl sites for hydroxylation is 1. The molecule has 1 rings (SSSR count). The molecule has 0 unspecified atom stereocenters. The molecule has 0 bridgehead atoms. The second-order valence-electron chi connectivity index (χ2n) is 2.75. The van der Waals surface area contributed by atoms with E-state index in [1.165, 1.54) is 10.9 Å². The van der Waals surface area contributed by atoms with Crippen LogP contribution in [0.3, 0.4) is 0 Å². The zero-order valence-corrected chi connectivity index (χ0v) is 9.04. The summed E-state index contributed by atoms with van der Waals surface area (Å²) < 4.78 is 1.49. The van der Waals surface area contributed by atoms with Crippen molar-refractivity contribution in [3.63, 3.8) is 0 Å². The van der Waals surface area contributed by atoms with Gasteiger partial charge >= 0.3 is 5.82 Å². The number of thiol groups is 1. The van der Waals surface area contributed by atoms with Crippen LogP contribution in [0.5, 0.6) is 0 Å². The second-order valence-corrected chi connectivity index (χ2v) is 3.61. The fraction of sp³-hybridized carbons (Fsp3) is 0.571. The normalized spacial score (nSPS) is 10.4. The van der Waals surface area contributed by atoms with Crippen molar-refractivity contribution in [2.75, 3.05) is 5.75 Å². The van der Waals surface area contributed by atoms with Gasteiger partial charge in [0.1, 0.15) is 0 Å². The lowest BCUT2D eigenvalue weighted by Gasteiger charge is -1.93. The van der Waals surface area contributed by atoms with Gasteiger partial charge in [0.05, 0.1) is 17.8 Å². The first kappa shape index (κ1) is 11.3. The maximum Gasteiger partial charge on any atom is 0.408 e. The van der Waals surface area contributed by atoms with Crippen molar-refractivity contribution in [2.24, 2.45) is 0 Å². The van der Waals surface area contributed by atoms with Crippen LogP contribution in [-0.4, -0.2) is 20.5 Å². The summed E-state index contributed by atoms with van der Waals surface area (Å²) in [6.45, 7) is 0.633. The third-order valence-electron chi connectivity index (χ3n) is 1.67. The Morgan fingerprint density at radius 1 is 1.64 bits per heavy atom. The Morgan fingerprint density at radius 3 is 2.86 bits per heavy atom. The summed E-state index contributed by atoms with van der Waals surface area (Å²) in [4.78, 5) is 9.81. The summed E-state index contributed by atoms with van der Waals surface area (Å²) in [6.07, 6.45) is 3.31. The molecule has 14 heavy (non-hydrogen) atoms. The van der Waals surface area contributed by atoms with E-state index in [0.29, 0.717) is 6.54 Å². The second kappa shape index (κ2) is 5.21. The lowest BCUT2D eigenvalue weighted by molar-refractivity contribution is -0.389. The number of nitro groups is 1. The quantitative estimate of drug-likeness (QED) is 0.368. The molecule has 1 aromatic heterocycles. The van der Waals surface area contributed by atoms with Gasteiger partial charge < -0.3 is 10.1 Å². The molecule has 78 valence electrons. The van der Waals surface area contributed by atoms with Gasteiger partial charge in [-0.25, -0.2) is 0 Å². The van der Waals surface area contributed by atoms with Crippen LogP contribution in [0.1, 0.15) is 12.8 Å². The zero-order chi connectivity index (χ0) is 10.6. The average Bonchev–Trinajstić information content (AvgIpc) is 2.47. The number of nitrogens with zero attached hydrogens (tertiary/aromatic N) is 3. The molecule has 5 nitrogen and oxygen atoms in total. The molecule has 0 radical (unpaired) electrons. The van der Waals surface area contributed by atoms with E-state index in [9.17, 15) is 10.1 Å². The molecule has 0 atom stereocenters. The Morgan fingerprint density at radius 2 is 2.36 bits per heavy atom. The SMILES string of the molecule is O=[N+]([O-])c1nn(CCCCS)cc1Cl. The lowest BCUT2D eigenvalue weighted by atomic mass is 10.3. The van der Waals surface area contributed by atoms with E-state index in [2.05, 4.69) is 17.7 Å². The molecule has 0 saturated carbocycles. The van der Waals surface area contributed by atoms with Crippen molar-refractivity contribution in [2.45, 2.75) is 19.4 Å². The summed E-state index contributed by atoms with van der Waals surface area (Å²) in [6, 6.07) is 0. The van der Waals surface area contributed by atoms with Gasteiger partial charge in [-0.1, -0.05) is 11.6 Å². The van der Waals surface area contributed by atoms with Crippen molar-refractivity contribution in [3.05, 3.63) is 21.3 Å². The van der Waals surface area contributed by atoms with Crippen LogP contribution in [-0.2, 0) is 6.54 Å². The van der Waals surface area contributed by atoms with Gasteiger partial charge in [0.25, 0.3) is 0 Å². The molecule has 0 aliphatic carbocycles. The van der Waals surface area contributed by atoms with E-state index in [1.54, 1.807) is 0 Å². The largest absolute Gasteiger partial charge is 0.408 e. The maximum atomic E-state index is 10.4. The first-order valence-electron chi connectivity index (χ1n) is 4.13.